The molecule has 0 N–H and O–H groups in total. The van der Waals surface area contributed by atoms with Crippen molar-refractivity contribution in [3.05, 3.63) is 175 Å². The molecular formula is C39H29FN2O4S. The summed E-state index contributed by atoms with van der Waals surface area (Å²) in [7, 11) is 0. The zero-order valence-electron chi connectivity index (χ0n) is 25.4. The van der Waals surface area contributed by atoms with Gasteiger partial charge >= 0.3 is 5.97 Å². The molecule has 7 rings (SSSR count). The van der Waals surface area contributed by atoms with Gasteiger partial charge in [-0.05, 0) is 53.1 Å². The van der Waals surface area contributed by atoms with Crippen molar-refractivity contribution in [2.24, 2.45) is 4.99 Å². The van der Waals surface area contributed by atoms with Crippen LogP contribution in [0.1, 0.15) is 35.2 Å². The second-order valence-corrected chi connectivity index (χ2v) is 12.0. The van der Waals surface area contributed by atoms with Gasteiger partial charge < -0.3 is 9.47 Å². The lowest BCUT2D eigenvalue weighted by atomic mass is 9.93. The SMILES string of the molecule is CCOC(=O)C1=C(c2ccccc2)N=c2s/c(=C\c3c(OCc4ccccc4)ccc4ccccc34)c(=O)n2[C@@H]1c1ccc(F)cc1. The van der Waals surface area contributed by atoms with Crippen LogP contribution in [-0.4, -0.2) is 17.1 Å². The first-order valence-electron chi connectivity index (χ1n) is 15.2. The van der Waals surface area contributed by atoms with Gasteiger partial charge in [0.15, 0.2) is 4.80 Å². The Kier molecular flexibility index (Phi) is 8.33. The van der Waals surface area contributed by atoms with Crippen molar-refractivity contribution in [2.45, 2.75) is 19.6 Å². The highest BCUT2D eigenvalue weighted by atomic mass is 32.1. The summed E-state index contributed by atoms with van der Waals surface area (Å²) < 4.78 is 27.9. The Labute approximate surface area is 274 Å². The molecule has 0 saturated carbocycles. The number of hydrogen-bond acceptors (Lipinski definition) is 6. The molecule has 1 aliphatic heterocycles. The van der Waals surface area contributed by atoms with E-state index in [0.717, 1.165) is 21.9 Å². The number of hydrogen-bond donors (Lipinski definition) is 0. The molecule has 2 heterocycles. The van der Waals surface area contributed by atoms with Gasteiger partial charge in [-0.15, -0.1) is 0 Å². The minimum absolute atomic E-state index is 0.137. The molecule has 0 saturated heterocycles. The number of thiazole rings is 1. The summed E-state index contributed by atoms with van der Waals surface area (Å²) >= 11 is 1.23. The van der Waals surface area contributed by atoms with Crippen molar-refractivity contribution >= 4 is 39.9 Å². The molecule has 0 fully saturated rings. The van der Waals surface area contributed by atoms with Crippen LogP contribution in [0, 0.1) is 5.82 Å². The van der Waals surface area contributed by atoms with Gasteiger partial charge in [0, 0.05) is 11.1 Å². The monoisotopic (exact) mass is 640 g/mol. The summed E-state index contributed by atoms with van der Waals surface area (Å²) in [5, 5.41) is 1.93. The largest absolute Gasteiger partial charge is 0.488 e. The number of carbonyl (C=O) groups excluding carboxylic acids is 1. The molecule has 1 aromatic heterocycles. The molecule has 6 aromatic rings. The van der Waals surface area contributed by atoms with Crippen LogP contribution in [0.25, 0.3) is 22.5 Å². The van der Waals surface area contributed by atoms with Gasteiger partial charge in [-0.25, -0.2) is 14.2 Å². The summed E-state index contributed by atoms with van der Waals surface area (Å²) in [6.45, 7) is 2.22. The van der Waals surface area contributed by atoms with Crippen LogP contribution in [0.5, 0.6) is 5.75 Å². The number of halogens is 1. The van der Waals surface area contributed by atoms with Gasteiger partial charge in [0.25, 0.3) is 5.56 Å². The highest BCUT2D eigenvalue weighted by Crippen LogP contribution is 2.35. The Bertz CT molecular complexity index is 2310. The zero-order chi connectivity index (χ0) is 32.3. The predicted molar refractivity (Wildman–Crippen MR) is 182 cm³/mol. The van der Waals surface area contributed by atoms with Gasteiger partial charge in [0.05, 0.1) is 28.5 Å². The summed E-state index contributed by atoms with van der Waals surface area (Å²) in [6.07, 6.45) is 1.84. The fourth-order valence-corrected chi connectivity index (χ4v) is 6.80. The van der Waals surface area contributed by atoms with E-state index in [-0.39, 0.29) is 17.7 Å². The molecule has 1 aliphatic rings. The summed E-state index contributed by atoms with van der Waals surface area (Å²) in [5.41, 5.74) is 3.32. The molecule has 0 radical (unpaired) electrons. The maximum absolute atomic E-state index is 14.5. The third kappa shape index (κ3) is 5.91. The van der Waals surface area contributed by atoms with E-state index in [2.05, 4.69) is 0 Å². The maximum Gasteiger partial charge on any atom is 0.338 e. The van der Waals surface area contributed by atoms with Crippen molar-refractivity contribution < 1.29 is 18.7 Å². The average molecular weight is 641 g/mol. The first-order valence-corrected chi connectivity index (χ1v) is 16.1. The third-order valence-corrected chi connectivity index (χ3v) is 8.99. The fourth-order valence-electron chi connectivity index (χ4n) is 5.82. The lowest BCUT2D eigenvalue weighted by molar-refractivity contribution is -0.138. The van der Waals surface area contributed by atoms with Gasteiger partial charge in [0.2, 0.25) is 0 Å². The van der Waals surface area contributed by atoms with Gasteiger partial charge in [0.1, 0.15) is 18.2 Å². The van der Waals surface area contributed by atoms with Crippen molar-refractivity contribution in [1.82, 2.24) is 4.57 Å². The van der Waals surface area contributed by atoms with Crippen LogP contribution in [0.2, 0.25) is 0 Å². The van der Waals surface area contributed by atoms with E-state index in [9.17, 15) is 14.0 Å². The van der Waals surface area contributed by atoms with E-state index in [1.807, 2.05) is 103 Å². The minimum Gasteiger partial charge on any atom is -0.488 e. The smallest absolute Gasteiger partial charge is 0.338 e. The van der Waals surface area contributed by atoms with Gasteiger partial charge in [-0.1, -0.05) is 114 Å². The molecule has 0 bridgehead atoms. The number of nitrogens with zero attached hydrogens (tertiary/aromatic N) is 2. The summed E-state index contributed by atoms with van der Waals surface area (Å²) in [4.78, 5) is 33.5. The fraction of sp³-hybridized carbons (Fsp3) is 0.103. The molecule has 232 valence electrons. The third-order valence-electron chi connectivity index (χ3n) is 8.00. The Morgan fingerprint density at radius 2 is 1.60 bits per heavy atom. The van der Waals surface area contributed by atoms with Crippen LogP contribution < -0.4 is 19.6 Å². The van der Waals surface area contributed by atoms with Crippen molar-refractivity contribution in [3.63, 3.8) is 0 Å². The van der Waals surface area contributed by atoms with E-state index in [1.54, 1.807) is 19.1 Å². The van der Waals surface area contributed by atoms with E-state index in [4.69, 9.17) is 14.5 Å². The van der Waals surface area contributed by atoms with Crippen LogP contribution in [0.4, 0.5) is 4.39 Å². The standard InChI is InChI=1S/C39H29FN2O4S/c1-2-45-38(44)34-35(27-14-7-4-8-15-27)41-39-42(36(34)28-17-20-29(40)21-18-28)37(43)33(47-39)23-31-30-16-10-9-13-26(30)19-22-32(31)46-24-25-11-5-3-6-12-25/h3-23,36H,2,24H2,1H3/b33-23-/t36-/m1/s1. The number of benzene rings is 5. The molecule has 0 unspecified atom stereocenters. The predicted octanol–water partition coefficient (Wildman–Crippen LogP) is 6.81. The minimum atomic E-state index is -0.899. The van der Waals surface area contributed by atoms with Crippen molar-refractivity contribution in [2.75, 3.05) is 6.61 Å². The van der Waals surface area contributed by atoms with Gasteiger partial charge in [-0.2, -0.15) is 0 Å². The first kappa shape index (κ1) is 30.1. The molecule has 0 aliphatic carbocycles. The molecular weight excluding hydrogens is 612 g/mol. The van der Waals surface area contributed by atoms with Gasteiger partial charge in [-0.3, -0.25) is 9.36 Å². The Morgan fingerprint density at radius 3 is 2.34 bits per heavy atom. The molecule has 5 aromatic carbocycles. The highest BCUT2D eigenvalue weighted by Gasteiger charge is 2.35. The van der Waals surface area contributed by atoms with E-state index < -0.39 is 17.8 Å². The number of esters is 1. The van der Waals surface area contributed by atoms with Crippen LogP contribution in [0.3, 0.4) is 0 Å². The summed E-state index contributed by atoms with van der Waals surface area (Å²) in [6, 6.07) is 36.0. The van der Waals surface area contributed by atoms with E-state index in [0.29, 0.717) is 38.5 Å². The van der Waals surface area contributed by atoms with Crippen molar-refractivity contribution in [3.8, 4) is 5.75 Å². The Hall–Kier alpha value is -5.60. The quantitative estimate of drug-likeness (QED) is 0.172. The van der Waals surface area contributed by atoms with Crippen LogP contribution in [0.15, 0.2) is 137 Å². The molecule has 0 spiro atoms. The second kappa shape index (κ2) is 13.0. The molecule has 1 atom stereocenters. The molecule has 47 heavy (non-hydrogen) atoms. The molecule has 0 amide bonds. The number of ether oxygens (including phenoxy) is 2. The number of carbonyl (C=O) groups is 1. The number of rotatable bonds is 8. The summed E-state index contributed by atoms with van der Waals surface area (Å²) in [5.74, 6) is -0.389. The molecule has 8 heteroatoms. The topological polar surface area (TPSA) is 69.9 Å². The van der Waals surface area contributed by atoms with Crippen LogP contribution >= 0.6 is 11.3 Å². The number of aromatic nitrogens is 1. The Balaban J connectivity index is 1.46. The van der Waals surface area contributed by atoms with E-state index in [1.165, 1.54) is 28.0 Å². The van der Waals surface area contributed by atoms with E-state index >= 15 is 0 Å². The average Bonchev–Trinajstić information content (AvgIpc) is 3.42. The first-order chi connectivity index (χ1) is 23.0. The maximum atomic E-state index is 14.5. The normalized spacial score (nSPS) is 14.5. The number of fused-ring (bicyclic) bond motifs is 2. The lowest BCUT2D eigenvalue weighted by Gasteiger charge is -2.25. The second-order valence-electron chi connectivity index (χ2n) is 11.0. The molecule has 6 nitrogen and oxygen atoms in total. The lowest BCUT2D eigenvalue weighted by Crippen LogP contribution is -2.40. The Morgan fingerprint density at radius 1 is 0.894 bits per heavy atom. The van der Waals surface area contributed by atoms with Crippen molar-refractivity contribution in [1.29, 1.82) is 0 Å². The zero-order valence-corrected chi connectivity index (χ0v) is 26.2. The van der Waals surface area contributed by atoms with Crippen LogP contribution in [-0.2, 0) is 16.1 Å². The highest BCUT2D eigenvalue weighted by molar-refractivity contribution is 7.07.